The second-order valence-electron chi connectivity index (χ2n) is 5.63. The number of carbonyl (C=O) groups excluding carboxylic acids is 2. The third-order valence-electron chi connectivity index (χ3n) is 4.06. The molecule has 2 amide bonds. The maximum absolute atomic E-state index is 12.2. The minimum absolute atomic E-state index is 0.0285. The number of rotatable bonds is 4. The van der Waals surface area contributed by atoms with Crippen molar-refractivity contribution in [2.24, 2.45) is 0 Å². The number of esters is 1. The molecule has 1 saturated heterocycles. The summed E-state index contributed by atoms with van der Waals surface area (Å²) in [5.74, 6) is -0.718. The molecule has 0 aromatic rings. The third-order valence-corrected chi connectivity index (χ3v) is 4.06. The average Bonchev–Trinajstić information content (AvgIpc) is 2.52. The van der Waals surface area contributed by atoms with Crippen LogP contribution < -0.4 is 10.6 Å². The smallest absolute Gasteiger partial charge is 0.337 e. The Morgan fingerprint density at radius 2 is 1.92 bits per heavy atom. The van der Waals surface area contributed by atoms with Crippen molar-refractivity contribution in [3.63, 3.8) is 0 Å². The number of aliphatic hydroxyl groups excluding tert-OH is 4. The van der Waals surface area contributed by atoms with E-state index in [4.69, 9.17) is 9.47 Å². The van der Waals surface area contributed by atoms with Gasteiger partial charge in [-0.15, -0.1) is 0 Å². The SMILES string of the molecule is CCOC(=O)C1=C(C)NC(=O)N[C@H]1[C@@H]1O[C@H](CO)[C@H](O)[C@H](O)[C@H]1O. The lowest BCUT2D eigenvalue weighted by molar-refractivity contribution is -0.233. The maximum Gasteiger partial charge on any atom is 0.337 e. The number of carbonyl (C=O) groups is 2. The molecule has 10 heteroatoms. The largest absolute Gasteiger partial charge is 0.463 e. The molecule has 0 aromatic heterocycles. The van der Waals surface area contributed by atoms with E-state index < -0.39 is 55.2 Å². The van der Waals surface area contributed by atoms with E-state index in [9.17, 15) is 30.0 Å². The van der Waals surface area contributed by atoms with E-state index in [1.807, 2.05) is 0 Å². The van der Waals surface area contributed by atoms with Crippen molar-refractivity contribution in [3.8, 4) is 0 Å². The van der Waals surface area contributed by atoms with Crippen LogP contribution in [-0.4, -0.2) is 82.2 Å². The Balaban J connectivity index is 2.37. The van der Waals surface area contributed by atoms with Crippen molar-refractivity contribution < 1.29 is 39.5 Å². The highest BCUT2D eigenvalue weighted by molar-refractivity contribution is 5.94. The molecule has 2 aliphatic rings. The van der Waals surface area contributed by atoms with Gasteiger partial charge >= 0.3 is 12.0 Å². The topological polar surface area (TPSA) is 158 Å². The highest BCUT2D eigenvalue weighted by atomic mass is 16.5. The summed E-state index contributed by atoms with van der Waals surface area (Å²) in [5.41, 5.74) is 0.250. The first-order valence-electron chi connectivity index (χ1n) is 7.57. The molecule has 6 N–H and O–H groups in total. The Bertz CT molecular complexity index is 535. The molecule has 2 heterocycles. The predicted octanol–water partition coefficient (Wildman–Crippen LogP) is -2.65. The van der Waals surface area contributed by atoms with Crippen LogP contribution in [-0.2, 0) is 14.3 Å². The number of hydrogen-bond acceptors (Lipinski definition) is 8. The van der Waals surface area contributed by atoms with Crippen LogP contribution in [0.3, 0.4) is 0 Å². The van der Waals surface area contributed by atoms with E-state index in [-0.39, 0.29) is 17.9 Å². The van der Waals surface area contributed by atoms with Gasteiger partial charge in [-0.1, -0.05) is 0 Å². The maximum atomic E-state index is 12.2. The second-order valence-corrected chi connectivity index (χ2v) is 5.63. The monoisotopic (exact) mass is 346 g/mol. The minimum Gasteiger partial charge on any atom is -0.463 e. The fourth-order valence-corrected chi connectivity index (χ4v) is 2.86. The number of urea groups is 1. The Labute approximate surface area is 138 Å². The van der Waals surface area contributed by atoms with Gasteiger partial charge in [0.15, 0.2) is 0 Å². The van der Waals surface area contributed by atoms with Gasteiger partial charge in [0.2, 0.25) is 0 Å². The summed E-state index contributed by atoms with van der Waals surface area (Å²) >= 11 is 0. The van der Waals surface area contributed by atoms with Crippen molar-refractivity contribution in [1.29, 1.82) is 0 Å². The first kappa shape index (κ1) is 18.6. The molecule has 136 valence electrons. The minimum atomic E-state index is -1.61. The molecule has 0 spiro atoms. The Morgan fingerprint density at radius 3 is 2.50 bits per heavy atom. The van der Waals surface area contributed by atoms with Gasteiger partial charge in [-0.25, -0.2) is 9.59 Å². The third kappa shape index (κ3) is 3.37. The molecular formula is C14H22N2O8. The van der Waals surface area contributed by atoms with Crippen LogP contribution in [0.15, 0.2) is 11.3 Å². The molecule has 2 aliphatic heterocycles. The number of ether oxygens (including phenoxy) is 2. The summed E-state index contributed by atoms with van der Waals surface area (Å²) in [6.45, 7) is 2.59. The van der Waals surface area contributed by atoms with Gasteiger partial charge in [0.05, 0.1) is 24.8 Å². The first-order valence-corrected chi connectivity index (χ1v) is 7.57. The average molecular weight is 346 g/mol. The molecule has 24 heavy (non-hydrogen) atoms. The highest BCUT2D eigenvalue weighted by Gasteiger charge is 2.49. The fourth-order valence-electron chi connectivity index (χ4n) is 2.86. The van der Waals surface area contributed by atoms with Crippen molar-refractivity contribution in [2.75, 3.05) is 13.2 Å². The molecule has 1 fully saturated rings. The Hall–Kier alpha value is -1.72. The van der Waals surface area contributed by atoms with Crippen molar-refractivity contribution in [2.45, 2.75) is 50.4 Å². The lowest BCUT2D eigenvalue weighted by atomic mass is 9.87. The first-order chi connectivity index (χ1) is 11.3. The van der Waals surface area contributed by atoms with Crippen molar-refractivity contribution in [3.05, 3.63) is 11.3 Å². The van der Waals surface area contributed by atoms with E-state index in [1.54, 1.807) is 6.92 Å². The lowest BCUT2D eigenvalue weighted by Crippen LogP contribution is -2.66. The van der Waals surface area contributed by atoms with Crippen LogP contribution in [0, 0.1) is 0 Å². The van der Waals surface area contributed by atoms with Gasteiger partial charge in [0, 0.05) is 5.70 Å². The predicted molar refractivity (Wildman–Crippen MR) is 78.6 cm³/mol. The van der Waals surface area contributed by atoms with Gasteiger partial charge in [-0.3, -0.25) is 0 Å². The summed E-state index contributed by atoms with van der Waals surface area (Å²) in [5, 5.41) is 44.1. The van der Waals surface area contributed by atoms with Gasteiger partial charge in [0.1, 0.15) is 30.5 Å². The van der Waals surface area contributed by atoms with E-state index >= 15 is 0 Å². The van der Waals surface area contributed by atoms with Crippen molar-refractivity contribution in [1.82, 2.24) is 10.6 Å². The van der Waals surface area contributed by atoms with Crippen LogP contribution in [0.25, 0.3) is 0 Å². The summed E-state index contributed by atoms with van der Waals surface area (Å²) in [7, 11) is 0. The molecule has 0 aromatic carbocycles. The molecule has 0 aliphatic carbocycles. The molecule has 10 nitrogen and oxygen atoms in total. The molecule has 0 unspecified atom stereocenters. The van der Waals surface area contributed by atoms with Crippen LogP contribution in [0.5, 0.6) is 0 Å². The quantitative estimate of drug-likeness (QED) is 0.301. The number of nitrogens with one attached hydrogen (secondary N) is 2. The molecular weight excluding hydrogens is 324 g/mol. The van der Waals surface area contributed by atoms with Gasteiger partial charge in [-0.05, 0) is 13.8 Å². The Kier molecular flexibility index (Phi) is 5.78. The van der Waals surface area contributed by atoms with E-state index in [0.717, 1.165) is 0 Å². The summed E-state index contributed by atoms with van der Waals surface area (Å²) < 4.78 is 10.4. The summed E-state index contributed by atoms with van der Waals surface area (Å²) in [6, 6.07) is -1.74. The van der Waals surface area contributed by atoms with Crippen LogP contribution >= 0.6 is 0 Å². The summed E-state index contributed by atoms with van der Waals surface area (Å²) in [4.78, 5) is 24.0. The van der Waals surface area contributed by atoms with Crippen LogP contribution in [0.1, 0.15) is 13.8 Å². The molecule has 2 rings (SSSR count). The van der Waals surface area contributed by atoms with Crippen molar-refractivity contribution >= 4 is 12.0 Å². The van der Waals surface area contributed by atoms with E-state index in [2.05, 4.69) is 10.6 Å². The van der Waals surface area contributed by atoms with E-state index in [1.165, 1.54) is 6.92 Å². The molecule has 0 bridgehead atoms. The second kappa shape index (κ2) is 7.45. The number of amides is 2. The van der Waals surface area contributed by atoms with Crippen LogP contribution in [0.4, 0.5) is 4.79 Å². The molecule has 6 atom stereocenters. The van der Waals surface area contributed by atoms with Gasteiger partial charge in [-0.2, -0.15) is 0 Å². The standard InChI is InChI=1S/C14H22N2O8/c1-3-23-13(21)7-5(2)15-14(22)16-8(7)12-11(20)10(19)9(18)6(4-17)24-12/h6,8-12,17-20H,3-4H2,1-2H3,(H2,15,16,22)/t6-,8-,9+,10+,11-,12+/m1/s1. The van der Waals surface area contributed by atoms with Crippen LogP contribution in [0.2, 0.25) is 0 Å². The lowest BCUT2D eigenvalue weighted by Gasteiger charge is -2.44. The number of hydrogen-bond donors (Lipinski definition) is 6. The van der Waals surface area contributed by atoms with E-state index in [0.29, 0.717) is 0 Å². The normalized spacial score (nSPS) is 36.8. The number of allylic oxidation sites excluding steroid dienone is 1. The zero-order chi connectivity index (χ0) is 18.0. The molecule has 0 radical (unpaired) electrons. The van der Waals surface area contributed by atoms with Gasteiger partial charge < -0.3 is 40.5 Å². The highest BCUT2D eigenvalue weighted by Crippen LogP contribution is 2.28. The Morgan fingerprint density at radius 1 is 1.25 bits per heavy atom. The summed E-state index contributed by atoms with van der Waals surface area (Å²) in [6.07, 6.45) is -7.15. The zero-order valence-electron chi connectivity index (χ0n) is 13.3. The number of aliphatic hydroxyl groups is 4. The van der Waals surface area contributed by atoms with Gasteiger partial charge in [0.25, 0.3) is 0 Å². The zero-order valence-corrected chi connectivity index (χ0v) is 13.3. The fraction of sp³-hybridized carbons (Fsp3) is 0.714. The molecule has 0 saturated carbocycles.